The zero-order chi connectivity index (χ0) is 12.5. The van der Waals surface area contributed by atoms with Gasteiger partial charge in [0.25, 0.3) is 5.91 Å². The molecule has 1 amide bonds. The zero-order valence-corrected chi connectivity index (χ0v) is 10.4. The van der Waals surface area contributed by atoms with Crippen LogP contribution < -0.4 is 15.5 Å². The molecule has 18 heavy (non-hydrogen) atoms. The van der Waals surface area contributed by atoms with Crippen molar-refractivity contribution in [3.05, 3.63) is 12.0 Å². The zero-order valence-electron chi connectivity index (χ0n) is 10.4. The summed E-state index contributed by atoms with van der Waals surface area (Å²) in [6.07, 6.45) is 4.10. The molecule has 0 aliphatic carbocycles. The Labute approximate surface area is 106 Å². The maximum absolute atomic E-state index is 11.7. The summed E-state index contributed by atoms with van der Waals surface area (Å²) in [7, 11) is 0. The predicted molar refractivity (Wildman–Crippen MR) is 68.9 cm³/mol. The molecule has 3 heterocycles. The van der Waals surface area contributed by atoms with E-state index in [1.807, 2.05) is 6.92 Å². The van der Waals surface area contributed by atoms with E-state index in [2.05, 4.69) is 25.5 Å². The van der Waals surface area contributed by atoms with Gasteiger partial charge in [0.05, 0.1) is 11.9 Å². The number of nitrogens with one attached hydrogen (secondary N) is 2. The van der Waals surface area contributed by atoms with E-state index in [0.29, 0.717) is 12.6 Å². The van der Waals surface area contributed by atoms with Gasteiger partial charge in [0.2, 0.25) is 5.82 Å². The maximum Gasteiger partial charge on any atom is 0.289 e. The summed E-state index contributed by atoms with van der Waals surface area (Å²) in [6.45, 7) is 4.53. The molecule has 0 spiro atoms. The van der Waals surface area contributed by atoms with Crippen molar-refractivity contribution in [2.24, 2.45) is 0 Å². The number of amides is 1. The van der Waals surface area contributed by atoms with Gasteiger partial charge in [0.15, 0.2) is 5.82 Å². The molecule has 96 valence electrons. The highest BCUT2D eigenvalue weighted by molar-refractivity contribution is 5.91. The van der Waals surface area contributed by atoms with Crippen LogP contribution in [0.2, 0.25) is 0 Å². The first kappa shape index (κ1) is 11.3. The molecule has 6 heteroatoms. The molecule has 1 fully saturated rings. The standard InChI is InChI=1S/C12H17N5O/c1-2-13-12(18)11-14-6-9-10(16-11)15-8-4-3-5-17(9)7-8/h6,8H,2-5,7H2,1H3,(H,13,18)(H,14,15,16). The van der Waals surface area contributed by atoms with Gasteiger partial charge in [-0.05, 0) is 19.8 Å². The fraction of sp³-hybridized carbons (Fsp3) is 0.583. The van der Waals surface area contributed by atoms with Crippen LogP contribution in [0.15, 0.2) is 6.20 Å². The second-order valence-corrected chi connectivity index (χ2v) is 4.72. The van der Waals surface area contributed by atoms with E-state index in [1.165, 1.54) is 6.42 Å². The fourth-order valence-electron chi connectivity index (χ4n) is 2.57. The third kappa shape index (κ3) is 1.87. The summed E-state index contributed by atoms with van der Waals surface area (Å²) in [5, 5.41) is 6.11. The summed E-state index contributed by atoms with van der Waals surface area (Å²) >= 11 is 0. The average molecular weight is 247 g/mol. The molecule has 2 aliphatic rings. The van der Waals surface area contributed by atoms with Gasteiger partial charge < -0.3 is 15.5 Å². The van der Waals surface area contributed by atoms with Crippen LogP contribution in [0.4, 0.5) is 11.5 Å². The van der Waals surface area contributed by atoms with Crippen LogP contribution in [0.1, 0.15) is 30.4 Å². The highest BCUT2D eigenvalue weighted by atomic mass is 16.2. The second kappa shape index (κ2) is 4.44. The number of aromatic nitrogens is 2. The number of hydrogen-bond donors (Lipinski definition) is 2. The molecular formula is C12H17N5O. The lowest BCUT2D eigenvalue weighted by atomic mass is 10.0. The topological polar surface area (TPSA) is 70.1 Å². The highest BCUT2D eigenvalue weighted by Gasteiger charge is 2.29. The van der Waals surface area contributed by atoms with Crippen LogP contribution in [-0.4, -0.2) is 41.6 Å². The van der Waals surface area contributed by atoms with Gasteiger partial charge in [-0.3, -0.25) is 4.79 Å². The number of carbonyl (C=O) groups excluding carboxylic acids is 1. The van der Waals surface area contributed by atoms with E-state index in [0.717, 1.165) is 31.0 Å². The minimum atomic E-state index is -0.215. The van der Waals surface area contributed by atoms with Crippen molar-refractivity contribution < 1.29 is 4.79 Å². The van der Waals surface area contributed by atoms with Crippen LogP contribution in [0, 0.1) is 0 Å². The lowest BCUT2D eigenvalue weighted by Crippen LogP contribution is -2.46. The summed E-state index contributed by atoms with van der Waals surface area (Å²) in [4.78, 5) is 22.5. The van der Waals surface area contributed by atoms with Crippen molar-refractivity contribution >= 4 is 17.4 Å². The van der Waals surface area contributed by atoms with E-state index in [-0.39, 0.29) is 11.7 Å². The summed E-state index contributed by atoms with van der Waals surface area (Å²) < 4.78 is 0. The Bertz CT molecular complexity index is 476. The second-order valence-electron chi connectivity index (χ2n) is 4.72. The van der Waals surface area contributed by atoms with Crippen LogP contribution >= 0.6 is 0 Å². The molecule has 2 N–H and O–H groups in total. The quantitative estimate of drug-likeness (QED) is 0.801. The predicted octanol–water partition coefficient (Wildman–Crippen LogP) is 0.621. The Hall–Kier alpha value is -1.85. The molecule has 1 saturated heterocycles. The molecule has 0 aromatic carbocycles. The number of anilines is 2. The minimum absolute atomic E-state index is 0.215. The van der Waals surface area contributed by atoms with Crippen molar-refractivity contribution in [2.75, 3.05) is 29.9 Å². The maximum atomic E-state index is 11.7. The van der Waals surface area contributed by atoms with Crippen LogP contribution in [0.5, 0.6) is 0 Å². The number of piperidine rings is 1. The lowest BCUT2D eigenvalue weighted by Gasteiger charge is -2.40. The Morgan fingerprint density at radius 2 is 2.56 bits per heavy atom. The molecule has 1 unspecified atom stereocenters. The number of hydrogen-bond acceptors (Lipinski definition) is 5. The van der Waals surface area contributed by atoms with E-state index in [4.69, 9.17) is 0 Å². The third-order valence-electron chi connectivity index (χ3n) is 3.41. The largest absolute Gasteiger partial charge is 0.365 e. The van der Waals surface area contributed by atoms with Crippen molar-refractivity contribution in [1.82, 2.24) is 15.3 Å². The van der Waals surface area contributed by atoms with Gasteiger partial charge in [0, 0.05) is 25.7 Å². The summed E-state index contributed by atoms with van der Waals surface area (Å²) in [5.41, 5.74) is 1.01. The normalized spacial score (nSPS) is 20.9. The number of fused-ring (bicyclic) bond motifs is 4. The van der Waals surface area contributed by atoms with Crippen LogP contribution in [0.3, 0.4) is 0 Å². The van der Waals surface area contributed by atoms with Gasteiger partial charge in [-0.1, -0.05) is 0 Å². The number of rotatable bonds is 2. The lowest BCUT2D eigenvalue weighted by molar-refractivity contribution is 0.0945. The van der Waals surface area contributed by atoms with Crippen molar-refractivity contribution in [1.29, 1.82) is 0 Å². The van der Waals surface area contributed by atoms with Gasteiger partial charge >= 0.3 is 0 Å². The van der Waals surface area contributed by atoms with Crippen LogP contribution in [0.25, 0.3) is 0 Å². The first-order valence-corrected chi connectivity index (χ1v) is 6.44. The van der Waals surface area contributed by atoms with Crippen molar-refractivity contribution in [2.45, 2.75) is 25.8 Å². The molecule has 2 bridgehead atoms. The molecule has 1 aromatic rings. The van der Waals surface area contributed by atoms with E-state index >= 15 is 0 Å². The molecule has 1 atom stereocenters. The van der Waals surface area contributed by atoms with E-state index in [9.17, 15) is 4.79 Å². The molecular weight excluding hydrogens is 230 g/mol. The SMILES string of the molecule is CCNC(=O)c1ncc2c(n1)NC1CCCN2C1. The molecule has 1 aromatic heterocycles. The average Bonchev–Trinajstić information content (AvgIpc) is 2.38. The van der Waals surface area contributed by atoms with E-state index in [1.54, 1.807) is 6.20 Å². The molecule has 6 nitrogen and oxygen atoms in total. The Morgan fingerprint density at radius 1 is 1.67 bits per heavy atom. The van der Waals surface area contributed by atoms with E-state index < -0.39 is 0 Å². The van der Waals surface area contributed by atoms with Crippen molar-refractivity contribution in [3.8, 4) is 0 Å². The third-order valence-corrected chi connectivity index (χ3v) is 3.41. The summed E-state index contributed by atoms with van der Waals surface area (Å²) in [6, 6.07) is 0.447. The van der Waals surface area contributed by atoms with Gasteiger partial charge in [-0.15, -0.1) is 0 Å². The first-order chi connectivity index (χ1) is 8.78. The molecule has 3 rings (SSSR count). The monoisotopic (exact) mass is 247 g/mol. The molecule has 2 aliphatic heterocycles. The highest BCUT2D eigenvalue weighted by Crippen LogP contribution is 2.32. The van der Waals surface area contributed by atoms with Crippen LogP contribution in [-0.2, 0) is 0 Å². The summed E-state index contributed by atoms with van der Waals surface area (Å²) in [5.74, 6) is 0.819. The van der Waals surface area contributed by atoms with Gasteiger partial charge in [-0.25, -0.2) is 9.97 Å². The fourth-order valence-corrected chi connectivity index (χ4v) is 2.57. The van der Waals surface area contributed by atoms with Crippen molar-refractivity contribution in [3.63, 3.8) is 0 Å². The number of nitrogens with zero attached hydrogens (tertiary/aromatic N) is 3. The minimum Gasteiger partial charge on any atom is -0.365 e. The van der Waals surface area contributed by atoms with Gasteiger partial charge in [-0.2, -0.15) is 0 Å². The Morgan fingerprint density at radius 3 is 3.39 bits per heavy atom. The number of carbonyl (C=O) groups is 1. The Kier molecular flexibility index (Phi) is 2.77. The first-order valence-electron chi connectivity index (χ1n) is 6.44. The molecule has 0 radical (unpaired) electrons. The Balaban J connectivity index is 1.91. The smallest absolute Gasteiger partial charge is 0.289 e. The van der Waals surface area contributed by atoms with Gasteiger partial charge in [0.1, 0.15) is 0 Å². The molecule has 0 saturated carbocycles.